The van der Waals surface area contributed by atoms with E-state index in [1.165, 1.54) is 173 Å². The van der Waals surface area contributed by atoms with Crippen LogP contribution in [0.5, 0.6) is 0 Å². The number of nitrogens with two attached hydrogens (primary N) is 1. The minimum atomic E-state index is -4.32. The molecular formula is C52H101N2O6P. The number of aliphatic hydroxyl groups excluding tert-OH is 1. The summed E-state index contributed by atoms with van der Waals surface area (Å²) < 4.78 is 22.3. The fourth-order valence-corrected chi connectivity index (χ4v) is 8.55. The molecule has 0 aromatic heterocycles. The lowest BCUT2D eigenvalue weighted by atomic mass is 10.0. The fraction of sp³-hybridized carbons (Fsp3) is 0.865. The molecule has 0 bridgehead atoms. The maximum absolute atomic E-state index is 12.9. The molecular weight excluding hydrogens is 780 g/mol. The van der Waals surface area contributed by atoms with E-state index < -0.39 is 20.0 Å². The summed E-state index contributed by atoms with van der Waals surface area (Å²) in [7, 11) is -4.32. The van der Waals surface area contributed by atoms with Gasteiger partial charge in [0, 0.05) is 13.0 Å². The molecule has 0 saturated heterocycles. The molecule has 0 radical (unpaired) electrons. The molecule has 0 rings (SSSR count). The number of unbranched alkanes of at least 4 members (excludes halogenated alkanes) is 31. The Kier molecular flexibility index (Phi) is 47.2. The minimum absolute atomic E-state index is 0.0873. The van der Waals surface area contributed by atoms with Gasteiger partial charge in [0.05, 0.1) is 25.4 Å². The molecule has 3 atom stereocenters. The van der Waals surface area contributed by atoms with Gasteiger partial charge in [0.25, 0.3) is 0 Å². The first-order chi connectivity index (χ1) is 29.9. The monoisotopic (exact) mass is 881 g/mol. The zero-order valence-electron chi connectivity index (χ0n) is 40.2. The Labute approximate surface area is 378 Å². The predicted molar refractivity (Wildman–Crippen MR) is 263 cm³/mol. The quantitative estimate of drug-likeness (QED) is 0.0272. The molecule has 0 aliphatic carbocycles. The van der Waals surface area contributed by atoms with Gasteiger partial charge in [-0.05, 0) is 51.4 Å². The van der Waals surface area contributed by atoms with E-state index in [1.54, 1.807) is 0 Å². The second-order valence-corrected chi connectivity index (χ2v) is 19.2. The zero-order chi connectivity index (χ0) is 44.6. The lowest BCUT2D eigenvalue weighted by Gasteiger charge is -2.25. The van der Waals surface area contributed by atoms with Crippen LogP contribution in [0.4, 0.5) is 0 Å². The van der Waals surface area contributed by atoms with Crippen molar-refractivity contribution in [2.24, 2.45) is 5.73 Å². The Hall–Kier alpha value is -1.28. The number of hydrogen-bond donors (Lipinski definition) is 4. The van der Waals surface area contributed by atoms with Crippen molar-refractivity contribution in [2.45, 2.75) is 270 Å². The molecule has 61 heavy (non-hydrogen) atoms. The van der Waals surface area contributed by atoms with Gasteiger partial charge in [-0.3, -0.25) is 13.8 Å². The first-order valence-electron chi connectivity index (χ1n) is 26.1. The smallest absolute Gasteiger partial charge is 0.391 e. The van der Waals surface area contributed by atoms with Gasteiger partial charge in [0.2, 0.25) is 5.91 Å². The van der Waals surface area contributed by atoms with Crippen molar-refractivity contribution in [3.63, 3.8) is 0 Å². The van der Waals surface area contributed by atoms with Crippen LogP contribution in [0.1, 0.15) is 258 Å². The number of rotatable bonds is 49. The third kappa shape index (κ3) is 46.5. The van der Waals surface area contributed by atoms with Crippen LogP contribution in [0.15, 0.2) is 36.5 Å². The summed E-state index contributed by atoms with van der Waals surface area (Å²) in [6, 6.07) is -0.779. The molecule has 0 aliphatic heterocycles. The van der Waals surface area contributed by atoms with Gasteiger partial charge in [0.1, 0.15) is 0 Å². The van der Waals surface area contributed by atoms with E-state index >= 15 is 0 Å². The molecule has 0 fully saturated rings. The number of phosphoric ester groups is 1. The second-order valence-electron chi connectivity index (χ2n) is 17.7. The Morgan fingerprint density at radius 1 is 0.541 bits per heavy atom. The Morgan fingerprint density at radius 2 is 0.902 bits per heavy atom. The van der Waals surface area contributed by atoms with Crippen molar-refractivity contribution in [3.05, 3.63) is 36.5 Å². The molecule has 5 N–H and O–H groups in total. The number of carbonyl (C=O) groups is 1. The van der Waals surface area contributed by atoms with E-state index in [-0.39, 0.29) is 25.7 Å². The van der Waals surface area contributed by atoms with Gasteiger partial charge in [-0.1, -0.05) is 237 Å². The number of aliphatic hydroxyl groups is 1. The van der Waals surface area contributed by atoms with Crippen molar-refractivity contribution in [1.29, 1.82) is 0 Å². The van der Waals surface area contributed by atoms with E-state index in [0.717, 1.165) is 57.8 Å². The topological polar surface area (TPSA) is 131 Å². The zero-order valence-corrected chi connectivity index (χ0v) is 41.1. The van der Waals surface area contributed by atoms with E-state index in [4.69, 9.17) is 14.8 Å². The molecule has 0 aliphatic rings. The number of hydrogen-bond acceptors (Lipinski definition) is 6. The van der Waals surface area contributed by atoms with Crippen molar-refractivity contribution in [1.82, 2.24) is 5.32 Å². The first-order valence-corrected chi connectivity index (χ1v) is 27.6. The highest BCUT2D eigenvalue weighted by Gasteiger charge is 2.27. The number of nitrogens with one attached hydrogen (secondary N) is 1. The van der Waals surface area contributed by atoms with Crippen LogP contribution in [-0.2, 0) is 18.4 Å². The summed E-state index contributed by atoms with van der Waals surface area (Å²) in [4.78, 5) is 22.9. The molecule has 3 unspecified atom stereocenters. The standard InChI is InChI=1S/C52H101N2O6P/c1-3-5-7-9-11-13-15-17-19-21-23-24-25-26-28-30-32-34-36-38-40-42-44-46-52(56)54-50(49-60-61(57,58)59-48-47-53)51(55)45-43-41-39-37-35-33-31-29-27-22-20-18-16-14-12-10-8-6-4-2/h15,17,21,23,25-26,50-51,55H,3-14,16,18-20,22,24,27-49,53H2,1-2H3,(H,54,56)(H,57,58)/b17-15-,23-21-,26-25-. The van der Waals surface area contributed by atoms with Crippen LogP contribution in [0.3, 0.4) is 0 Å². The lowest BCUT2D eigenvalue weighted by Crippen LogP contribution is -2.46. The number of allylic oxidation sites excluding steroid dienone is 6. The maximum atomic E-state index is 12.9. The van der Waals surface area contributed by atoms with Crippen LogP contribution >= 0.6 is 7.82 Å². The van der Waals surface area contributed by atoms with Gasteiger partial charge >= 0.3 is 7.82 Å². The Morgan fingerprint density at radius 3 is 1.31 bits per heavy atom. The lowest BCUT2D eigenvalue weighted by molar-refractivity contribution is -0.123. The van der Waals surface area contributed by atoms with Gasteiger partial charge < -0.3 is 21.1 Å². The van der Waals surface area contributed by atoms with Crippen LogP contribution in [-0.4, -0.2) is 47.8 Å². The minimum Gasteiger partial charge on any atom is -0.391 e. The van der Waals surface area contributed by atoms with E-state index in [2.05, 4.69) is 55.6 Å². The summed E-state index contributed by atoms with van der Waals surface area (Å²) >= 11 is 0. The number of amides is 1. The normalized spacial score (nSPS) is 14.1. The van der Waals surface area contributed by atoms with E-state index in [9.17, 15) is 19.4 Å². The molecule has 0 heterocycles. The molecule has 9 heteroatoms. The molecule has 0 spiro atoms. The number of phosphoric acid groups is 1. The molecule has 360 valence electrons. The van der Waals surface area contributed by atoms with Gasteiger partial charge in [-0.25, -0.2) is 4.57 Å². The Balaban J connectivity index is 4.06. The molecule has 0 aromatic carbocycles. The first kappa shape index (κ1) is 59.7. The molecule has 0 aromatic rings. The average Bonchev–Trinajstić information content (AvgIpc) is 3.25. The third-order valence-electron chi connectivity index (χ3n) is 11.7. The van der Waals surface area contributed by atoms with Crippen LogP contribution in [0, 0.1) is 0 Å². The third-order valence-corrected chi connectivity index (χ3v) is 12.7. The number of carbonyl (C=O) groups excluding carboxylic acids is 1. The predicted octanol–water partition coefficient (Wildman–Crippen LogP) is 15.5. The summed E-state index contributed by atoms with van der Waals surface area (Å²) in [5, 5.41) is 13.9. The van der Waals surface area contributed by atoms with Crippen molar-refractivity contribution >= 4 is 13.7 Å². The van der Waals surface area contributed by atoms with Crippen molar-refractivity contribution in [2.75, 3.05) is 19.8 Å². The maximum Gasteiger partial charge on any atom is 0.472 e. The summed E-state index contributed by atoms with van der Waals surface area (Å²) in [6.45, 7) is 4.22. The summed E-state index contributed by atoms with van der Waals surface area (Å²) in [5.41, 5.74) is 5.40. The highest BCUT2D eigenvalue weighted by Crippen LogP contribution is 2.43. The SMILES string of the molecule is CCCCCCC/C=C\C/C=C\C/C=C\CCCCCCCCCCC(=O)NC(COP(=O)(O)OCCN)C(O)CCCCCCCCCCCCCCCCCCCCC. The average molecular weight is 881 g/mol. The van der Waals surface area contributed by atoms with E-state index in [1.807, 2.05) is 0 Å². The van der Waals surface area contributed by atoms with Crippen LogP contribution in [0.25, 0.3) is 0 Å². The second kappa shape index (κ2) is 48.2. The highest BCUT2D eigenvalue weighted by molar-refractivity contribution is 7.47. The molecule has 8 nitrogen and oxygen atoms in total. The summed E-state index contributed by atoms with van der Waals surface area (Å²) in [6.07, 6.45) is 58.8. The van der Waals surface area contributed by atoms with Gasteiger partial charge in [-0.2, -0.15) is 0 Å². The van der Waals surface area contributed by atoms with Crippen molar-refractivity contribution in [3.8, 4) is 0 Å². The molecule has 1 amide bonds. The van der Waals surface area contributed by atoms with Gasteiger partial charge in [0.15, 0.2) is 0 Å². The van der Waals surface area contributed by atoms with Crippen LogP contribution in [0.2, 0.25) is 0 Å². The van der Waals surface area contributed by atoms with Crippen molar-refractivity contribution < 1.29 is 28.4 Å². The molecule has 0 saturated carbocycles. The highest BCUT2D eigenvalue weighted by atomic mass is 31.2. The van der Waals surface area contributed by atoms with Crippen LogP contribution < -0.4 is 11.1 Å². The summed E-state index contributed by atoms with van der Waals surface area (Å²) in [5.74, 6) is -0.166. The largest absolute Gasteiger partial charge is 0.472 e. The van der Waals surface area contributed by atoms with Gasteiger partial charge in [-0.15, -0.1) is 0 Å². The van der Waals surface area contributed by atoms with E-state index in [0.29, 0.717) is 12.8 Å². The Bertz CT molecular complexity index is 1050. The fourth-order valence-electron chi connectivity index (χ4n) is 7.79.